The van der Waals surface area contributed by atoms with Gasteiger partial charge in [0, 0.05) is 19.3 Å². The second-order valence-electron chi connectivity index (χ2n) is 11.9. The molecule has 324 valence electrons. The number of hydrogen-bond acceptors (Lipinski definition) is 4. The highest BCUT2D eigenvalue weighted by Gasteiger charge is 2.93. The van der Waals surface area contributed by atoms with Gasteiger partial charge in [0.25, 0.3) is 5.67 Å². The number of unbranched alkanes of at least 4 members (excludes halogenated alkanes) is 1. The lowest BCUT2D eigenvalue weighted by atomic mass is 9.74. The molecule has 56 heavy (non-hydrogen) atoms. The molecule has 0 radical (unpaired) electrons. The third kappa shape index (κ3) is 9.92. The first kappa shape index (κ1) is 52.4. The number of aliphatic hydroxyl groups excluding tert-OH is 1. The molecule has 1 saturated carbocycles. The number of ether oxygens (including phenoxy) is 2. The lowest BCUT2D eigenvalue weighted by Gasteiger charge is -2.38. The molecule has 24 heteroatoms. The van der Waals surface area contributed by atoms with E-state index < -0.39 is 94.4 Å². The molecule has 0 aromatic heterocycles. The smallest absolute Gasteiger partial charge is 0.406 e. The standard InChI is InChI=1S/C16H12F12.C9H6F8O2.C7H14O2/c1-4-8-5-9(11(2,13(17,18)19)14(20,21)22)7-10(6-8)12(3,15(23,24)25)16(26,27)28;1-2-4(18)19-3-6(11)5(10)7(12,13)9(16,17)8(6,14)15;1-2-6-9-7-4-3-5-8/h4-7H,1H2,2-3H3;2,5H,1,3H2;2,8H,1,3-7H2. The summed E-state index contributed by atoms with van der Waals surface area (Å²) in [7, 11) is 0. The molecule has 0 amide bonds. The number of rotatable bonds is 12. The minimum absolute atomic E-state index is 0.199. The molecular weight excluding hydrogens is 828 g/mol. The number of aliphatic hydroxyl groups is 1. The summed E-state index contributed by atoms with van der Waals surface area (Å²) in [5.74, 6) is -19.8. The molecule has 2 atom stereocenters. The fraction of sp³-hybridized carbons (Fsp3) is 0.594. The van der Waals surface area contributed by atoms with Crippen molar-refractivity contribution >= 4 is 12.0 Å². The normalized spacial score (nSPS) is 20.8. The molecule has 2 unspecified atom stereocenters. The van der Waals surface area contributed by atoms with Gasteiger partial charge < -0.3 is 14.6 Å². The molecule has 1 fully saturated rings. The molecule has 0 spiro atoms. The maximum Gasteiger partial charge on any atom is 0.406 e. The summed E-state index contributed by atoms with van der Waals surface area (Å²) in [5.41, 5.74) is -18.9. The quantitative estimate of drug-likeness (QED) is 0.0748. The molecule has 1 aliphatic rings. The average molecular weight is 861 g/mol. The zero-order valence-electron chi connectivity index (χ0n) is 28.6. The molecular formula is C32H32F20O4. The zero-order valence-corrected chi connectivity index (χ0v) is 28.6. The summed E-state index contributed by atoms with van der Waals surface area (Å²) >= 11 is 0. The van der Waals surface area contributed by atoms with Crippen molar-refractivity contribution in [1.29, 1.82) is 0 Å². The summed E-state index contributed by atoms with van der Waals surface area (Å²) < 4.78 is 271. The Bertz CT molecular complexity index is 1410. The van der Waals surface area contributed by atoms with Gasteiger partial charge in [-0.1, -0.05) is 43.5 Å². The number of alkyl halides is 20. The molecule has 2 rings (SSSR count). The van der Waals surface area contributed by atoms with Gasteiger partial charge in [0.2, 0.25) is 6.17 Å². The fourth-order valence-corrected chi connectivity index (χ4v) is 4.28. The van der Waals surface area contributed by atoms with Gasteiger partial charge in [-0.15, -0.1) is 6.58 Å². The van der Waals surface area contributed by atoms with E-state index in [4.69, 9.17) is 9.84 Å². The molecule has 1 N–H and O–H groups in total. The summed E-state index contributed by atoms with van der Waals surface area (Å²) in [6.45, 7) is 7.86. The van der Waals surface area contributed by atoms with E-state index in [1.807, 2.05) is 0 Å². The number of benzene rings is 1. The summed E-state index contributed by atoms with van der Waals surface area (Å²) in [6.07, 6.45) is -24.4. The van der Waals surface area contributed by atoms with Crippen molar-refractivity contribution in [2.24, 2.45) is 0 Å². The minimum Gasteiger partial charge on any atom is -0.459 e. The highest BCUT2D eigenvalue weighted by Crippen LogP contribution is 2.63. The van der Waals surface area contributed by atoms with Crippen LogP contribution in [-0.2, 0) is 25.1 Å². The van der Waals surface area contributed by atoms with Gasteiger partial charge in [-0.25, -0.2) is 13.6 Å². The van der Waals surface area contributed by atoms with Crippen molar-refractivity contribution in [3.63, 3.8) is 0 Å². The van der Waals surface area contributed by atoms with Gasteiger partial charge in [0.1, 0.15) is 6.61 Å². The van der Waals surface area contributed by atoms with Gasteiger partial charge in [-0.2, -0.15) is 79.0 Å². The first-order chi connectivity index (χ1) is 24.9. The van der Waals surface area contributed by atoms with E-state index in [1.54, 1.807) is 6.08 Å². The number of carbonyl (C=O) groups excluding carboxylic acids is 1. The molecule has 0 heterocycles. The van der Waals surface area contributed by atoms with E-state index in [1.165, 1.54) is 0 Å². The lowest BCUT2D eigenvalue weighted by Crippen LogP contribution is -2.55. The van der Waals surface area contributed by atoms with Gasteiger partial charge in [-0.3, -0.25) is 0 Å². The monoisotopic (exact) mass is 860 g/mol. The van der Waals surface area contributed by atoms with Crippen LogP contribution >= 0.6 is 0 Å². The first-order valence-electron chi connectivity index (χ1n) is 15.0. The average Bonchev–Trinajstić information content (AvgIpc) is 3.13. The van der Waals surface area contributed by atoms with E-state index in [0.717, 1.165) is 19.4 Å². The predicted octanol–water partition coefficient (Wildman–Crippen LogP) is 10.7. The molecule has 0 aliphatic heterocycles. The van der Waals surface area contributed by atoms with Crippen LogP contribution < -0.4 is 0 Å². The Hall–Kier alpha value is -3.57. The van der Waals surface area contributed by atoms with Crippen molar-refractivity contribution in [2.75, 3.05) is 26.4 Å². The third-order valence-electron chi connectivity index (χ3n) is 8.19. The Morgan fingerprint density at radius 1 is 0.732 bits per heavy atom. The van der Waals surface area contributed by atoms with E-state index >= 15 is 0 Å². The highest BCUT2D eigenvalue weighted by atomic mass is 19.4. The van der Waals surface area contributed by atoms with Crippen LogP contribution in [0.5, 0.6) is 0 Å². The topological polar surface area (TPSA) is 55.8 Å². The first-order valence-corrected chi connectivity index (χ1v) is 15.0. The molecule has 1 aromatic carbocycles. The summed E-state index contributed by atoms with van der Waals surface area (Å²) in [6, 6.07) is 0.0320. The SMILES string of the molecule is C=CC(=O)OCC1(F)C(F)C(F)(F)C(F)(F)C1(F)F.C=CCOCCCCO.C=Cc1cc(C(C)(C(F)(F)F)C(F)(F)F)cc(C(C)(C(F)(F)F)C(F)(F)F)c1. The van der Waals surface area contributed by atoms with Gasteiger partial charge in [0.15, 0.2) is 10.8 Å². The number of carbonyl (C=O) groups is 1. The number of hydrogen-bond donors (Lipinski definition) is 1. The molecule has 0 saturated heterocycles. The van der Waals surface area contributed by atoms with Crippen molar-refractivity contribution in [2.45, 2.75) is 91.8 Å². The van der Waals surface area contributed by atoms with Crippen LogP contribution in [0.15, 0.2) is 50.1 Å². The Kier molecular flexibility index (Phi) is 16.8. The van der Waals surface area contributed by atoms with Crippen LogP contribution in [0, 0.1) is 0 Å². The van der Waals surface area contributed by atoms with E-state index in [0.29, 0.717) is 18.8 Å². The van der Waals surface area contributed by atoms with E-state index in [-0.39, 0.29) is 38.7 Å². The van der Waals surface area contributed by atoms with Crippen molar-refractivity contribution in [3.05, 3.63) is 66.8 Å². The van der Waals surface area contributed by atoms with Crippen molar-refractivity contribution in [3.8, 4) is 0 Å². The molecule has 1 aromatic rings. The second-order valence-corrected chi connectivity index (χ2v) is 11.9. The Labute approximate surface area is 304 Å². The van der Waals surface area contributed by atoms with Crippen LogP contribution in [0.3, 0.4) is 0 Å². The van der Waals surface area contributed by atoms with Gasteiger partial charge in [-0.05, 0) is 43.4 Å². The predicted molar refractivity (Wildman–Crippen MR) is 158 cm³/mol. The number of esters is 1. The zero-order chi connectivity index (χ0) is 44.8. The fourth-order valence-electron chi connectivity index (χ4n) is 4.28. The Balaban J connectivity index is 0.000000926. The minimum atomic E-state index is -6.26. The second kappa shape index (κ2) is 17.9. The van der Waals surface area contributed by atoms with Crippen LogP contribution in [-0.4, -0.2) is 91.8 Å². The van der Waals surface area contributed by atoms with Crippen LogP contribution in [0.25, 0.3) is 6.08 Å². The Morgan fingerprint density at radius 2 is 1.14 bits per heavy atom. The van der Waals surface area contributed by atoms with Crippen LogP contribution in [0.1, 0.15) is 43.4 Å². The van der Waals surface area contributed by atoms with Crippen molar-refractivity contribution < 1.29 is 107 Å². The van der Waals surface area contributed by atoms with E-state index in [9.17, 15) is 92.6 Å². The van der Waals surface area contributed by atoms with Gasteiger partial charge >= 0.3 is 48.4 Å². The molecule has 4 nitrogen and oxygen atoms in total. The van der Waals surface area contributed by atoms with E-state index in [2.05, 4.69) is 24.5 Å². The maximum absolute atomic E-state index is 13.6. The highest BCUT2D eigenvalue weighted by molar-refractivity contribution is 5.81. The van der Waals surface area contributed by atoms with Crippen molar-refractivity contribution in [1.82, 2.24) is 0 Å². The lowest BCUT2D eigenvalue weighted by molar-refractivity contribution is -0.298. The summed E-state index contributed by atoms with van der Waals surface area (Å²) in [4.78, 5) is 10.5. The summed E-state index contributed by atoms with van der Waals surface area (Å²) in [5, 5.41) is 8.35. The van der Waals surface area contributed by atoms with Crippen LogP contribution in [0.4, 0.5) is 87.8 Å². The Morgan fingerprint density at radius 3 is 1.43 bits per heavy atom. The number of halogens is 20. The molecule has 0 bridgehead atoms. The van der Waals surface area contributed by atoms with Gasteiger partial charge in [0.05, 0.1) is 6.61 Å². The van der Waals surface area contributed by atoms with Crippen LogP contribution in [0.2, 0.25) is 0 Å². The largest absolute Gasteiger partial charge is 0.459 e. The molecule has 1 aliphatic carbocycles. The third-order valence-corrected chi connectivity index (χ3v) is 8.19. The maximum atomic E-state index is 13.6.